The number of rotatable bonds is 2. The van der Waals surface area contributed by atoms with Crippen LogP contribution in [0.4, 0.5) is 0 Å². The van der Waals surface area contributed by atoms with E-state index < -0.39 is 9.84 Å². The summed E-state index contributed by atoms with van der Waals surface area (Å²) in [5, 5.41) is 4.50. The molecule has 0 aromatic carbocycles. The summed E-state index contributed by atoms with van der Waals surface area (Å²) in [7, 11) is -1.90. The minimum Gasteiger partial charge on any atom is -0.297 e. The van der Waals surface area contributed by atoms with Crippen molar-refractivity contribution in [1.29, 1.82) is 0 Å². The molecule has 0 amide bonds. The van der Waals surface area contributed by atoms with Crippen molar-refractivity contribution in [3.8, 4) is 11.4 Å². The normalized spacial score (nSPS) is 12.3. The van der Waals surface area contributed by atoms with Gasteiger partial charge in [0.05, 0.1) is 11.4 Å². The van der Waals surface area contributed by atoms with E-state index in [9.17, 15) is 8.42 Å². The van der Waals surface area contributed by atoms with Gasteiger partial charge in [0.1, 0.15) is 16.4 Å². The van der Waals surface area contributed by atoms with Crippen LogP contribution in [0.15, 0.2) is 17.3 Å². The second-order valence-corrected chi connectivity index (χ2v) is 8.11. The van der Waals surface area contributed by atoms with E-state index in [1.165, 1.54) is 4.68 Å². The molecule has 3 aromatic heterocycles. The summed E-state index contributed by atoms with van der Waals surface area (Å²) in [5.41, 5.74) is 4.86. The summed E-state index contributed by atoms with van der Waals surface area (Å²) in [6, 6.07) is 2.00. The summed E-state index contributed by atoms with van der Waals surface area (Å²) in [4.78, 5) is 4.51. The summed E-state index contributed by atoms with van der Waals surface area (Å²) < 4.78 is 27.1. The second kappa shape index (κ2) is 5.07. The molecule has 3 heterocycles. The molecule has 3 aromatic rings. The molecule has 0 aliphatic heterocycles. The van der Waals surface area contributed by atoms with E-state index in [-0.39, 0.29) is 10.0 Å². The lowest BCUT2D eigenvalue weighted by Gasteiger charge is -2.09. The van der Waals surface area contributed by atoms with Crippen molar-refractivity contribution in [3.05, 3.63) is 34.1 Å². The highest BCUT2D eigenvalue weighted by Crippen LogP contribution is 2.35. The number of aromatic nitrogens is 4. The number of imidazole rings is 1. The van der Waals surface area contributed by atoms with Crippen LogP contribution in [0.5, 0.6) is 0 Å². The highest BCUT2D eigenvalue weighted by Gasteiger charge is 2.26. The lowest BCUT2D eigenvalue weighted by molar-refractivity contribution is 0.583. The number of aryl methyl sites for hydroxylation is 4. The van der Waals surface area contributed by atoms with Crippen LogP contribution in [0.2, 0.25) is 5.02 Å². The molecule has 0 aliphatic carbocycles. The van der Waals surface area contributed by atoms with Gasteiger partial charge in [-0.1, -0.05) is 17.7 Å². The van der Waals surface area contributed by atoms with Crippen LogP contribution in [0.3, 0.4) is 0 Å². The van der Waals surface area contributed by atoms with Gasteiger partial charge >= 0.3 is 0 Å². The predicted octanol–water partition coefficient (Wildman–Crippen LogP) is 2.72. The molecule has 0 aliphatic rings. The van der Waals surface area contributed by atoms with E-state index in [1.54, 1.807) is 7.05 Å². The molecular weight excluding hydrogens is 336 g/mol. The summed E-state index contributed by atoms with van der Waals surface area (Å²) in [5.74, 6) is 0. The van der Waals surface area contributed by atoms with Gasteiger partial charge in [0, 0.05) is 19.5 Å². The SMILES string of the molecule is Cc1cn2c(-c3nn(C)c(S(C)(=O)=O)c3Cl)c(C)cc(C)c2n1. The van der Waals surface area contributed by atoms with Gasteiger partial charge < -0.3 is 0 Å². The van der Waals surface area contributed by atoms with Crippen LogP contribution in [-0.2, 0) is 16.9 Å². The molecule has 0 spiro atoms. The maximum atomic E-state index is 12.0. The number of pyridine rings is 1. The maximum absolute atomic E-state index is 12.0. The summed E-state index contributed by atoms with van der Waals surface area (Å²) >= 11 is 6.37. The van der Waals surface area contributed by atoms with Crippen molar-refractivity contribution in [1.82, 2.24) is 19.2 Å². The van der Waals surface area contributed by atoms with Gasteiger partial charge in [0.2, 0.25) is 0 Å². The van der Waals surface area contributed by atoms with Gasteiger partial charge in [-0.3, -0.25) is 9.08 Å². The lowest BCUT2D eigenvalue weighted by atomic mass is 10.1. The maximum Gasteiger partial charge on any atom is 0.193 e. The van der Waals surface area contributed by atoms with Crippen molar-refractivity contribution in [2.24, 2.45) is 7.05 Å². The Morgan fingerprint density at radius 1 is 1.17 bits per heavy atom. The Kier molecular flexibility index (Phi) is 3.53. The Morgan fingerprint density at radius 3 is 2.39 bits per heavy atom. The first kappa shape index (κ1) is 16.0. The summed E-state index contributed by atoms with van der Waals surface area (Å²) in [6.07, 6.45) is 3.02. The molecule has 0 unspecified atom stereocenters. The summed E-state index contributed by atoms with van der Waals surface area (Å²) in [6.45, 7) is 5.84. The molecule has 6 nitrogen and oxygen atoms in total. The fraction of sp³-hybridized carbons (Fsp3) is 0.333. The zero-order valence-electron chi connectivity index (χ0n) is 13.5. The first-order chi connectivity index (χ1) is 10.6. The average molecular weight is 353 g/mol. The van der Waals surface area contributed by atoms with Crippen molar-refractivity contribution in [2.45, 2.75) is 25.8 Å². The Morgan fingerprint density at radius 2 is 1.83 bits per heavy atom. The minimum absolute atomic E-state index is 0.0131. The van der Waals surface area contributed by atoms with E-state index in [1.807, 2.05) is 37.4 Å². The smallest absolute Gasteiger partial charge is 0.193 e. The van der Waals surface area contributed by atoms with Crippen LogP contribution in [-0.4, -0.2) is 33.8 Å². The lowest BCUT2D eigenvalue weighted by Crippen LogP contribution is -2.05. The molecule has 23 heavy (non-hydrogen) atoms. The molecule has 122 valence electrons. The number of hydrogen-bond donors (Lipinski definition) is 0. The Hall–Kier alpha value is -1.86. The van der Waals surface area contributed by atoms with E-state index in [4.69, 9.17) is 11.6 Å². The van der Waals surface area contributed by atoms with Crippen molar-refractivity contribution >= 4 is 27.1 Å². The number of sulfone groups is 1. The average Bonchev–Trinajstić information content (AvgIpc) is 2.90. The highest BCUT2D eigenvalue weighted by molar-refractivity contribution is 7.90. The van der Waals surface area contributed by atoms with Gasteiger partial charge in [-0.25, -0.2) is 13.4 Å². The van der Waals surface area contributed by atoms with E-state index in [0.29, 0.717) is 5.69 Å². The first-order valence-corrected chi connectivity index (χ1v) is 9.27. The van der Waals surface area contributed by atoms with Gasteiger partial charge in [0.15, 0.2) is 14.9 Å². The fourth-order valence-corrected chi connectivity index (χ4v) is 4.54. The number of halogens is 1. The Bertz CT molecular complexity index is 1050. The number of nitrogens with zero attached hydrogens (tertiary/aromatic N) is 4. The second-order valence-electron chi connectivity index (χ2n) is 5.80. The van der Waals surface area contributed by atoms with Gasteiger partial charge in [-0.2, -0.15) is 5.10 Å². The molecule has 0 N–H and O–H groups in total. The molecule has 0 fully saturated rings. The minimum atomic E-state index is -3.48. The van der Waals surface area contributed by atoms with Crippen molar-refractivity contribution in [2.75, 3.05) is 6.26 Å². The van der Waals surface area contributed by atoms with Crippen LogP contribution in [0, 0.1) is 20.8 Å². The monoisotopic (exact) mass is 352 g/mol. The number of hydrogen-bond acceptors (Lipinski definition) is 4. The van der Waals surface area contributed by atoms with Gasteiger partial charge in [0.25, 0.3) is 0 Å². The van der Waals surface area contributed by atoms with Gasteiger partial charge in [-0.15, -0.1) is 0 Å². The van der Waals surface area contributed by atoms with Crippen LogP contribution < -0.4 is 0 Å². The van der Waals surface area contributed by atoms with Crippen LogP contribution in [0.1, 0.15) is 16.8 Å². The quantitative estimate of drug-likeness (QED) is 0.711. The van der Waals surface area contributed by atoms with Crippen molar-refractivity contribution in [3.63, 3.8) is 0 Å². The van der Waals surface area contributed by atoms with E-state index in [2.05, 4.69) is 10.1 Å². The third-order valence-electron chi connectivity index (χ3n) is 3.74. The molecular formula is C15H17ClN4O2S. The van der Waals surface area contributed by atoms with Crippen molar-refractivity contribution < 1.29 is 8.42 Å². The fourth-order valence-electron chi connectivity index (χ4n) is 2.93. The Balaban J connectivity index is 2.43. The molecule has 0 saturated carbocycles. The molecule has 8 heteroatoms. The van der Waals surface area contributed by atoms with E-state index >= 15 is 0 Å². The van der Waals surface area contributed by atoms with Gasteiger partial charge in [-0.05, 0) is 31.9 Å². The van der Waals surface area contributed by atoms with E-state index in [0.717, 1.165) is 34.4 Å². The zero-order chi connectivity index (χ0) is 17.1. The first-order valence-electron chi connectivity index (χ1n) is 7.00. The topological polar surface area (TPSA) is 69.3 Å². The molecule has 0 atom stereocenters. The molecule has 0 saturated heterocycles. The largest absolute Gasteiger partial charge is 0.297 e. The number of fused-ring (bicyclic) bond motifs is 1. The van der Waals surface area contributed by atoms with Crippen LogP contribution >= 0.6 is 11.6 Å². The predicted molar refractivity (Wildman–Crippen MR) is 89.7 cm³/mol. The third kappa shape index (κ3) is 2.44. The standard InChI is InChI=1S/C15H17ClN4O2S/c1-8-6-9(2)14-17-10(3)7-20(14)13(8)12-11(16)15(19(4)18-12)23(5,21)22/h6-7H,1-5H3. The zero-order valence-corrected chi connectivity index (χ0v) is 15.1. The third-order valence-corrected chi connectivity index (χ3v) is 5.38. The molecule has 0 radical (unpaired) electrons. The van der Waals surface area contributed by atoms with Crippen LogP contribution in [0.25, 0.3) is 17.0 Å². The highest BCUT2D eigenvalue weighted by atomic mass is 35.5. The Labute approximate surface area is 139 Å². The molecule has 3 rings (SSSR count). The molecule has 0 bridgehead atoms.